The quantitative estimate of drug-likeness (QED) is 0.786. The summed E-state index contributed by atoms with van der Waals surface area (Å²) in [7, 11) is 0. The summed E-state index contributed by atoms with van der Waals surface area (Å²) in [5.41, 5.74) is 3.71. The number of amides is 1. The third-order valence-electron chi connectivity index (χ3n) is 3.00. The number of fused-ring (bicyclic) bond motifs is 1. The van der Waals surface area contributed by atoms with Gasteiger partial charge in [-0.05, 0) is 31.2 Å². The molecule has 20 heavy (non-hydrogen) atoms. The van der Waals surface area contributed by atoms with Crippen LogP contribution < -0.4 is 5.32 Å². The minimum atomic E-state index is -0.168. The maximum absolute atomic E-state index is 12.0. The van der Waals surface area contributed by atoms with E-state index in [1.165, 1.54) is 0 Å². The van der Waals surface area contributed by atoms with E-state index >= 15 is 0 Å². The summed E-state index contributed by atoms with van der Waals surface area (Å²) in [6, 6.07) is 15.1. The van der Waals surface area contributed by atoms with E-state index in [1.807, 2.05) is 48.5 Å². The van der Waals surface area contributed by atoms with Crippen molar-refractivity contribution in [2.24, 2.45) is 4.99 Å². The molecule has 3 nitrogen and oxygen atoms in total. The maximum Gasteiger partial charge on any atom is 0.275 e. The van der Waals surface area contributed by atoms with Gasteiger partial charge in [-0.15, -0.1) is 5.92 Å². The van der Waals surface area contributed by atoms with Gasteiger partial charge in [0.05, 0.1) is 11.4 Å². The van der Waals surface area contributed by atoms with Gasteiger partial charge in [-0.2, -0.15) is 0 Å². The molecule has 1 heterocycles. The smallest absolute Gasteiger partial charge is 0.275 e. The molecule has 0 aromatic heterocycles. The zero-order chi connectivity index (χ0) is 13.9. The highest BCUT2D eigenvalue weighted by Gasteiger charge is 2.25. The van der Waals surface area contributed by atoms with Gasteiger partial charge < -0.3 is 5.32 Å². The van der Waals surface area contributed by atoms with Crippen LogP contribution in [0, 0.1) is 11.8 Å². The van der Waals surface area contributed by atoms with Crippen LogP contribution in [0.5, 0.6) is 0 Å². The molecule has 1 aliphatic rings. The largest absolute Gasteiger partial charge is 0.320 e. The first-order chi connectivity index (χ1) is 9.78. The Balaban J connectivity index is 2.06. The summed E-state index contributed by atoms with van der Waals surface area (Å²) in [4.78, 5) is 16.4. The molecule has 0 radical (unpaired) electrons. The molecule has 1 N–H and O–H groups in total. The van der Waals surface area contributed by atoms with Gasteiger partial charge in [-0.3, -0.25) is 4.79 Å². The Bertz CT molecular complexity index is 779. The Morgan fingerprint density at radius 1 is 1.10 bits per heavy atom. The highest BCUT2D eigenvalue weighted by molar-refractivity contribution is 6.54. The van der Waals surface area contributed by atoms with Crippen molar-refractivity contribution in [2.45, 2.75) is 6.92 Å². The maximum atomic E-state index is 12.0. The first kappa shape index (κ1) is 12.2. The molecule has 0 spiro atoms. The lowest BCUT2D eigenvalue weighted by Gasteiger charge is -1.98. The molecule has 3 heteroatoms. The van der Waals surface area contributed by atoms with Gasteiger partial charge in [0, 0.05) is 11.1 Å². The van der Waals surface area contributed by atoms with E-state index in [0.29, 0.717) is 5.71 Å². The standard InChI is InChI=1S/C17H12N2O/c1-2-6-12-7-5-8-13(11-12)18-16-14-9-3-4-10-15(14)19-17(16)20/h3-5,7-11H,1H3,(H,18,19,20). The van der Waals surface area contributed by atoms with Crippen molar-refractivity contribution < 1.29 is 4.79 Å². The number of hydrogen-bond acceptors (Lipinski definition) is 2. The molecule has 0 atom stereocenters. The predicted molar refractivity (Wildman–Crippen MR) is 80.3 cm³/mol. The fourth-order valence-corrected chi connectivity index (χ4v) is 2.14. The van der Waals surface area contributed by atoms with Crippen LogP contribution in [0.4, 0.5) is 11.4 Å². The number of aliphatic imine (C=N–C) groups is 1. The van der Waals surface area contributed by atoms with Crippen LogP contribution in [0.25, 0.3) is 0 Å². The highest BCUT2D eigenvalue weighted by Crippen LogP contribution is 2.25. The van der Waals surface area contributed by atoms with Crippen molar-refractivity contribution in [3.63, 3.8) is 0 Å². The molecule has 2 aromatic rings. The van der Waals surface area contributed by atoms with Gasteiger partial charge >= 0.3 is 0 Å². The summed E-state index contributed by atoms with van der Waals surface area (Å²) in [5.74, 6) is 5.67. The van der Waals surface area contributed by atoms with Crippen LogP contribution in [0.3, 0.4) is 0 Å². The van der Waals surface area contributed by atoms with E-state index in [2.05, 4.69) is 22.2 Å². The number of carbonyl (C=O) groups excluding carboxylic acids is 1. The van der Waals surface area contributed by atoms with Crippen molar-refractivity contribution in [1.82, 2.24) is 0 Å². The average molecular weight is 260 g/mol. The number of para-hydroxylation sites is 1. The minimum absolute atomic E-state index is 0.168. The van der Waals surface area contributed by atoms with Crippen molar-refractivity contribution in [3.8, 4) is 11.8 Å². The monoisotopic (exact) mass is 260 g/mol. The molecule has 1 aliphatic heterocycles. The third kappa shape index (κ3) is 2.19. The topological polar surface area (TPSA) is 41.5 Å². The third-order valence-corrected chi connectivity index (χ3v) is 3.00. The molecule has 0 aliphatic carbocycles. The van der Waals surface area contributed by atoms with Crippen LogP contribution in [0.2, 0.25) is 0 Å². The number of nitrogens with zero attached hydrogens (tertiary/aromatic N) is 1. The lowest BCUT2D eigenvalue weighted by Crippen LogP contribution is -2.13. The second-order valence-corrected chi connectivity index (χ2v) is 4.39. The molecule has 0 bridgehead atoms. The van der Waals surface area contributed by atoms with Gasteiger partial charge in [-0.25, -0.2) is 4.99 Å². The Labute approximate surface area is 117 Å². The number of anilines is 1. The van der Waals surface area contributed by atoms with Crippen LogP contribution in [0.15, 0.2) is 53.5 Å². The van der Waals surface area contributed by atoms with E-state index in [-0.39, 0.29) is 5.91 Å². The van der Waals surface area contributed by atoms with E-state index in [9.17, 15) is 4.79 Å². The second-order valence-electron chi connectivity index (χ2n) is 4.39. The lowest BCUT2D eigenvalue weighted by atomic mass is 10.1. The molecule has 1 amide bonds. The van der Waals surface area contributed by atoms with E-state index in [1.54, 1.807) is 6.92 Å². The number of carbonyl (C=O) groups is 1. The number of hydrogen-bond donors (Lipinski definition) is 1. The van der Waals surface area contributed by atoms with Crippen molar-refractivity contribution >= 4 is 23.0 Å². The normalized spacial score (nSPS) is 14.4. The Hall–Kier alpha value is -2.86. The molecular weight excluding hydrogens is 248 g/mol. The summed E-state index contributed by atoms with van der Waals surface area (Å²) >= 11 is 0. The SMILES string of the molecule is CC#Cc1cccc(N=C2C(=O)Nc3ccccc32)c1. The first-order valence-electron chi connectivity index (χ1n) is 6.30. The Morgan fingerprint density at radius 2 is 1.95 bits per heavy atom. The molecule has 0 unspecified atom stereocenters. The van der Waals surface area contributed by atoms with Gasteiger partial charge in [0.1, 0.15) is 5.71 Å². The first-order valence-corrected chi connectivity index (χ1v) is 6.30. The van der Waals surface area contributed by atoms with Gasteiger partial charge in [-0.1, -0.05) is 30.2 Å². The minimum Gasteiger partial charge on any atom is -0.320 e. The van der Waals surface area contributed by atoms with Crippen LogP contribution >= 0.6 is 0 Å². The molecule has 2 aromatic carbocycles. The summed E-state index contributed by atoms with van der Waals surface area (Å²) in [6.07, 6.45) is 0. The molecule has 0 saturated heterocycles. The van der Waals surface area contributed by atoms with Gasteiger partial charge in [0.2, 0.25) is 0 Å². The van der Waals surface area contributed by atoms with Gasteiger partial charge in [0.25, 0.3) is 5.91 Å². The summed E-state index contributed by atoms with van der Waals surface area (Å²) in [6.45, 7) is 1.79. The Kier molecular flexibility index (Phi) is 3.06. The number of nitrogens with one attached hydrogen (secondary N) is 1. The summed E-state index contributed by atoms with van der Waals surface area (Å²) in [5, 5.41) is 2.81. The number of benzene rings is 2. The zero-order valence-electron chi connectivity index (χ0n) is 11.0. The Morgan fingerprint density at radius 3 is 2.80 bits per heavy atom. The molecule has 3 rings (SSSR count). The predicted octanol–water partition coefficient (Wildman–Crippen LogP) is 3.13. The highest BCUT2D eigenvalue weighted by atomic mass is 16.2. The molecule has 0 saturated carbocycles. The van der Waals surface area contributed by atoms with Crippen LogP contribution in [0.1, 0.15) is 18.1 Å². The van der Waals surface area contributed by atoms with E-state index in [0.717, 1.165) is 22.5 Å². The summed E-state index contributed by atoms with van der Waals surface area (Å²) < 4.78 is 0. The number of rotatable bonds is 1. The van der Waals surface area contributed by atoms with Gasteiger partial charge in [0.15, 0.2) is 0 Å². The van der Waals surface area contributed by atoms with Crippen molar-refractivity contribution in [3.05, 3.63) is 59.7 Å². The second kappa shape index (κ2) is 5.02. The molecular formula is C17H12N2O. The fourth-order valence-electron chi connectivity index (χ4n) is 2.14. The zero-order valence-corrected chi connectivity index (χ0v) is 11.0. The van der Waals surface area contributed by atoms with E-state index < -0.39 is 0 Å². The van der Waals surface area contributed by atoms with Crippen LogP contribution in [-0.2, 0) is 4.79 Å². The molecule has 96 valence electrons. The van der Waals surface area contributed by atoms with Crippen LogP contribution in [-0.4, -0.2) is 11.6 Å². The van der Waals surface area contributed by atoms with Crippen molar-refractivity contribution in [2.75, 3.05) is 5.32 Å². The lowest BCUT2D eigenvalue weighted by molar-refractivity contribution is -0.110. The fraction of sp³-hybridized carbons (Fsp3) is 0.0588. The molecule has 0 fully saturated rings. The average Bonchev–Trinajstić information content (AvgIpc) is 2.76. The van der Waals surface area contributed by atoms with E-state index in [4.69, 9.17) is 0 Å². The van der Waals surface area contributed by atoms with Crippen molar-refractivity contribution in [1.29, 1.82) is 0 Å².